The maximum atomic E-state index is 6.31. The number of para-hydroxylation sites is 1. The third-order valence-corrected chi connectivity index (χ3v) is 3.57. The first-order valence-electron chi connectivity index (χ1n) is 6.63. The second-order valence-corrected chi connectivity index (χ2v) is 5.72. The normalized spacial score (nSPS) is 12.8. The van der Waals surface area contributed by atoms with Gasteiger partial charge in [-0.2, -0.15) is 0 Å². The molecule has 0 radical (unpaired) electrons. The second-order valence-electron chi connectivity index (χ2n) is 5.06. The highest BCUT2D eigenvalue weighted by atomic mass is 35.5. The molecule has 0 bridgehead atoms. The lowest BCUT2D eigenvalue weighted by atomic mass is 10.2. The van der Waals surface area contributed by atoms with Gasteiger partial charge in [-0.3, -0.25) is 4.57 Å². The van der Waals surface area contributed by atoms with Gasteiger partial charge >= 0.3 is 0 Å². The minimum atomic E-state index is -0.177. The van der Waals surface area contributed by atoms with Crippen LogP contribution >= 0.6 is 11.6 Å². The van der Waals surface area contributed by atoms with E-state index in [2.05, 4.69) is 33.6 Å². The third kappa shape index (κ3) is 2.08. The van der Waals surface area contributed by atoms with E-state index in [1.54, 1.807) is 0 Å². The van der Waals surface area contributed by atoms with Crippen molar-refractivity contribution in [3.63, 3.8) is 0 Å². The van der Waals surface area contributed by atoms with E-state index in [1.807, 2.05) is 38.2 Å². The van der Waals surface area contributed by atoms with Gasteiger partial charge in [-0.05, 0) is 44.0 Å². The number of benzene rings is 1. The van der Waals surface area contributed by atoms with Crippen molar-refractivity contribution in [2.24, 2.45) is 0 Å². The van der Waals surface area contributed by atoms with E-state index in [4.69, 9.17) is 11.6 Å². The summed E-state index contributed by atoms with van der Waals surface area (Å²) in [6.07, 6.45) is 1.86. The highest BCUT2D eigenvalue weighted by Crippen LogP contribution is 2.28. The van der Waals surface area contributed by atoms with Crippen LogP contribution < -0.4 is 0 Å². The summed E-state index contributed by atoms with van der Waals surface area (Å²) in [5.41, 5.74) is 5.09. The highest BCUT2D eigenvalue weighted by molar-refractivity contribution is 6.20. The van der Waals surface area contributed by atoms with Crippen molar-refractivity contribution in [2.75, 3.05) is 0 Å². The van der Waals surface area contributed by atoms with Crippen LogP contribution in [0.15, 0.2) is 36.5 Å². The van der Waals surface area contributed by atoms with Gasteiger partial charge < -0.3 is 0 Å². The number of halogens is 1. The van der Waals surface area contributed by atoms with Crippen molar-refractivity contribution in [2.45, 2.75) is 26.1 Å². The van der Waals surface area contributed by atoms with E-state index in [0.717, 1.165) is 28.2 Å². The Morgan fingerprint density at radius 1 is 1.20 bits per heavy atom. The molecule has 4 heteroatoms. The molecular formula is C16H16ClN3. The minimum absolute atomic E-state index is 0.177. The Labute approximate surface area is 123 Å². The van der Waals surface area contributed by atoms with Gasteiger partial charge in [-0.1, -0.05) is 18.2 Å². The molecule has 3 aromatic rings. The van der Waals surface area contributed by atoms with Crippen molar-refractivity contribution in [3.8, 4) is 5.69 Å². The number of aromatic nitrogens is 3. The Hall–Kier alpha value is -1.87. The second kappa shape index (κ2) is 4.91. The summed E-state index contributed by atoms with van der Waals surface area (Å²) in [7, 11) is 0. The van der Waals surface area contributed by atoms with Crippen molar-refractivity contribution in [1.29, 1.82) is 0 Å². The maximum Gasteiger partial charge on any atom is 0.164 e. The van der Waals surface area contributed by atoms with Gasteiger partial charge in [0.25, 0.3) is 0 Å². The molecule has 2 aromatic heterocycles. The maximum absolute atomic E-state index is 6.31. The molecule has 0 aliphatic rings. The lowest BCUT2D eigenvalue weighted by Crippen LogP contribution is -2.04. The van der Waals surface area contributed by atoms with Crippen molar-refractivity contribution >= 4 is 22.8 Å². The van der Waals surface area contributed by atoms with Crippen LogP contribution in [0.4, 0.5) is 0 Å². The van der Waals surface area contributed by atoms with Crippen LogP contribution in [0.5, 0.6) is 0 Å². The van der Waals surface area contributed by atoms with Gasteiger partial charge in [0.2, 0.25) is 0 Å². The van der Waals surface area contributed by atoms with Gasteiger partial charge in [0.05, 0.1) is 11.1 Å². The summed E-state index contributed by atoms with van der Waals surface area (Å²) >= 11 is 6.31. The topological polar surface area (TPSA) is 30.7 Å². The van der Waals surface area contributed by atoms with E-state index < -0.39 is 0 Å². The summed E-state index contributed by atoms with van der Waals surface area (Å²) in [5.74, 6) is 0.828. The number of fused-ring (bicyclic) bond motifs is 1. The summed E-state index contributed by atoms with van der Waals surface area (Å²) in [6.45, 7) is 6.03. The number of imidazole rings is 1. The number of hydrogen-bond donors (Lipinski definition) is 0. The quantitative estimate of drug-likeness (QED) is 0.656. The molecule has 0 aliphatic heterocycles. The van der Waals surface area contributed by atoms with Crippen molar-refractivity contribution in [1.82, 2.24) is 14.5 Å². The molecule has 1 aromatic carbocycles. The van der Waals surface area contributed by atoms with E-state index in [-0.39, 0.29) is 5.38 Å². The molecule has 20 heavy (non-hydrogen) atoms. The molecule has 0 amide bonds. The van der Waals surface area contributed by atoms with Crippen LogP contribution in [0.25, 0.3) is 16.9 Å². The summed E-state index contributed by atoms with van der Waals surface area (Å²) in [6, 6.07) is 10.2. The number of alkyl halides is 1. The average Bonchev–Trinajstić information content (AvgIpc) is 2.78. The zero-order chi connectivity index (χ0) is 14.3. The largest absolute Gasteiger partial charge is 0.279 e. The smallest absolute Gasteiger partial charge is 0.164 e. The fourth-order valence-corrected chi connectivity index (χ4v) is 2.55. The molecule has 1 atom stereocenters. The zero-order valence-electron chi connectivity index (χ0n) is 11.8. The number of pyridine rings is 1. The molecule has 0 aliphatic carbocycles. The van der Waals surface area contributed by atoms with E-state index in [1.165, 1.54) is 5.56 Å². The average molecular weight is 286 g/mol. The van der Waals surface area contributed by atoms with Crippen LogP contribution in [-0.4, -0.2) is 14.5 Å². The number of nitrogens with zero attached hydrogens (tertiary/aromatic N) is 3. The van der Waals surface area contributed by atoms with Gasteiger partial charge in [0.15, 0.2) is 5.65 Å². The fraction of sp³-hybridized carbons (Fsp3) is 0.250. The van der Waals surface area contributed by atoms with Gasteiger partial charge in [-0.15, -0.1) is 11.6 Å². The molecule has 3 nitrogen and oxygen atoms in total. The van der Waals surface area contributed by atoms with Crippen LogP contribution in [0.3, 0.4) is 0 Å². The van der Waals surface area contributed by atoms with Crippen molar-refractivity contribution < 1.29 is 0 Å². The van der Waals surface area contributed by atoms with E-state index in [0.29, 0.717) is 0 Å². The Bertz CT molecular complexity index is 774. The Morgan fingerprint density at radius 2 is 1.95 bits per heavy atom. The first-order chi connectivity index (χ1) is 9.58. The first-order valence-corrected chi connectivity index (χ1v) is 7.06. The summed E-state index contributed by atoms with van der Waals surface area (Å²) in [5, 5.41) is -0.177. The molecule has 3 rings (SSSR count). The van der Waals surface area contributed by atoms with Crippen LogP contribution in [-0.2, 0) is 0 Å². The minimum Gasteiger partial charge on any atom is -0.279 e. The Morgan fingerprint density at radius 3 is 2.65 bits per heavy atom. The molecule has 0 fully saturated rings. The predicted octanol–water partition coefficient (Wildman–Crippen LogP) is 4.34. The Balaban J connectivity index is 2.38. The molecule has 0 N–H and O–H groups in total. The molecule has 102 valence electrons. The number of aryl methyl sites for hydroxylation is 2. The lowest BCUT2D eigenvalue weighted by molar-refractivity contribution is 0.872. The SMILES string of the molecule is Cc1cnc2c(c1)nc(C(C)Cl)n2-c1ccccc1C. The van der Waals surface area contributed by atoms with Crippen LogP contribution in [0, 0.1) is 13.8 Å². The van der Waals surface area contributed by atoms with Crippen LogP contribution in [0.1, 0.15) is 29.3 Å². The Kier molecular flexibility index (Phi) is 3.22. The summed E-state index contributed by atoms with van der Waals surface area (Å²) < 4.78 is 2.06. The fourth-order valence-electron chi connectivity index (χ4n) is 2.40. The highest BCUT2D eigenvalue weighted by Gasteiger charge is 2.18. The molecule has 2 heterocycles. The summed E-state index contributed by atoms with van der Waals surface area (Å²) in [4.78, 5) is 9.20. The molecule has 0 saturated carbocycles. The van der Waals surface area contributed by atoms with Crippen molar-refractivity contribution in [3.05, 3.63) is 53.5 Å². The number of rotatable bonds is 2. The van der Waals surface area contributed by atoms with Gasteiger partial charge in [0, 0.05) is 6.20 Å². The molecule has 1 unspecified atom stereocenters. The molecule has 0 saturated heterocycles. The monoisotopic (exact) mass is 285 g/mol. The zero-order valence-corrected chi connectivity index (χ0v) is 12.5. The van der Waals surface area contributed by atoms with Gasteiger partial charge in [-0.25, -0.2) is 9.97 Å². The third-order valence-electron chi connectivity index (χ3n) is 3.37. The molecular weight excluding hydrogens is 270 g/mol. The van der Waals surface area contributed by atoms with Crippen LogP contribution in [0.2, 0.25) is 0 Å². The van der Waals surface area contributed by atoms with E-state index >= 15 is 0 Å². The lowest BCUT2D eigenvalue weighted by Gasteiger charge is -2.12. The van der Waals surface area contributed by atoms with Gasteiger partial charge in [0.1, 0.15) is 11.3 Å². The first kappa shape index (κ1) is 13.1. The number of hydrogen-bond acceptors (Lipinski definition) is 2. The van der Waals surface area contributed by atoms with E-state index in [9.17, 15) is 0 Å². The molecule has 0 spiro atoms. The standard InChI is InChI=1S/C16H16ClN3/c1-10-8-13-16(18-9-10)20(15(19-13)12(3)17)14-7-5-4-6-11(14)2/h4-9,12H,1-3H3. The predicted molar refractivity (Wildman–Crippen MR) is 82.6 cm³/mol.